The number of carbonyl (C=O) groups is 1. The van der Waals surface area contributed by atoms with Crippen LogP contribution in [0.4, 0.5) is 0 Å². The molecule has 108 valence electrons. The minimum absolute atomic E-state index is 0.0807. The molecule has 0 saturated heterocycles. The largest absolute Gasteiger partial charge is 0.289 e. The summed E-state index contributed by atoms with van der Waals surface area (Å²) in [5.74, 6) is 0.168. The summed E-state index contributed by atoms with van der Waals surface area (Å²) in [6, 6.07) is 18.5. The standard InChI is InChI=1S/C21H18O/c1-21(2,3)19-14-9-5-4-8-13(14)12-17-15-10-6-7-11-16(15)20(22)18(17)19/h4-12H,1-3H3. The van der Waals surface area contributed by atoms with E-state index in [1.165, 1.54) is 16.3 Å². The van der Waals surface area contributed by atoms with Gasteiger partial charge >= 0.3 is 0 Å². The fourth-order valence-corrected chi connectivity index (χ4v) is 3.63. The van der Waals surface area contributed by atoms with E-state index >= 15 is 0 Å². The minimum Gasteiger partial charge on any atom is -0.289 e. The quantitative estimate of drug-likeness (QED) is 0.426. The van der Waals surface area contributed by atoms with Crippen molar-refractivity contribution < 1.29 is 4.79 Å². The summed E-state index contributed by atoms with van der Waals surface area (Å²) in [7, 11) is 0. The fraction of sp³-hybridized carbons (Fsp3) is 0.190. The lowest BCUT2D eigenvalue weighted by atomic mass is 9.78. The Hall–Kier alpha value is -2.41. The molecule has 3 aromatic carbocycles. The van der Waals surface area contributed by atoms with Crippen molar-refractivity contribution in [1.29, 1.82) is 0 Å². The van der Waals surface area contributed by atoms with Crippen LogP contribution in [0.5, 0.6) is 0 Å². The van der Waals surface area contributed by atoms with Crippen LogP contribution in [0.1, 0.15) is 42.3 Å². The molecule has 0 N–H and O–H groups in total. The molecule has 0 aromatic heterocycles. The van der Waals surface area contributed by atoms with Gasteiger partial charge in [0.2, 0.25) is 0 Å². The first-order valence-corrected chi connectivity index (χ1v) is 7.69. The Balaban J connectivity index is 2.22. The van der Waals surface area contributed by atoms with E-state index in [2.05, 4.69) is 57.2 Å². The highest BCUT2D eigenvalue weighted by Crippen LogP contribution is 2.45. The third kappa shape index (κ3) is 1.69. The van der Waals surface area contributed by atoms with Gasteiger partial charge in [0, 0.05) is 11.1 Å². The lowest BCUT2D eigenvalue weighted by Crippen LogP contribution is -2.17. The van der Waals surface area contributed by atoms with Gasteiger partial charge in [0.05, 0.1) is 0 Å². The maximum absolute atomic E-state index is 13.0. The topological polar surface area (TPSA) is 17.1 Å². The molecule has 1 aliphatic carbocycles. The molecule has 0 aliphatic heterocycles. The summed E-state index contributed by atoms with van der Waals surface area (Å²) >= 11 is 0. The number of hydrogen-bond donors (Lipinski definition) is 0. The Morgan fingerprint density at radius 1 is 0.773 bits per heavy atom. The maximum atomic E-state index is 13.0. The van der Waals surface area contributed by atoms with Crippen molar-refractivity contribution in [3.63, 3.8) is 0 Å². The number of benzene rings is 3. The van der Waals surface area contributed by atoms with Crippen LogP contribution in [0.15, 0.2) is 54.6 Å². The van der Waals surface area contributed by atoms with Gasteiger partial charge in [0.15, 0.2) is 5.78 Å². The predicted octanol–water partition coefficient (Wildman–Crippen LogP) is 5.35. The van der Waals surface area contributed by atoms with Gasteiger partial charge < -0.3 is 0 Å². The van der Waals surface area contributed by atoms with E-state index in [-0.39, 0.29) is 11.2 Å². The highest BCUT2D eigenvalue weighted by Gasteiger charge is 2.33. The number of rotatable bonds is 0. The molecular weight excluding hydrogens is 268 g/mol. The van der Waals surface area contributed by atoms with E-state index in [1.807, 2.05) is 18.2 Å². The van der Waals surface area contributed by atoms with Gasteiger partial charge in [-0.05, 0) is 38.9 Å². The number of carbonyl (C=O) groups excluding carboxylic acids is 1. The van der Waals surface area contributed by atoms with Gasteiger partial charge in [-0.25, -0.2) is 0 Å². The van der Waals surface area contributed by atoms with Crippen molar-refractivity contribution in [3.05, 3.63) is 71.3 Å². The molecule has 0 bridgehead atoms. The van der Waals surface area contributed by atoms with Crippen molar-refractivity contribution >= 4 is 16.6 Å². The van der Waals surface area contributed by atoms with Crippen LogP contribution in [-0.2, 0) is 5.41 Å². The van der Waals surface area contributed by atoms with Crippen LogP contribution in [0.2, 0.25) is 0 Å². The zero-order chi connectivity index (χ0) is 15.5. The Kier molecular flexibility index (Phi) is 2.59. The van der Waals surface area contributed by atoms with E-state index in [0.717, 1.165) is 22.3 Å². The second-order valence-corrected chi connectivity index (χ2v) is 7.02. The van der Waals surface area contributed by atoms with Gasteiger partial charge in [0.1, 0.15) is 0 Å². The van der Waals surface area contributed by atoms with Gasteiger partial charge in [-0.15, -0.1) is 0 Å². The third-order valence-corrected chi connectivity index (χ3v) is 4.49. The first-order chi connectivity index (χ1) is 10.5. The maximum Gasteiger partial charge on any atom is 0.194 e. The average Bonchev–Trinajstić information content (AvgIpc) is 2.77. The average molecular weight is 286 g/mol. The van der Waals surface area contributed by atoms with E-state index in [0.29, 0.717) is 0 Å². The molecule has 0 radical (unpaired) electrons. The van der Waals surface area contributed by atoms with Crippen molar-refractivity contribution in [1.82, 2.24) is 0 Å². The van der Waals surface area contributed by atoms with Gasteiger partial charge in [0.25, 0.3) is 0 Å². The number of ketones is 1. The molecule has 1 nitrogen and oxygen atoms in total. The monoisotopic (exact) mass is 286 g/mol. The molecule has 0 unspecified atom stereocenters. The molecule has 22 heavy (non-hydrogen) atoms. The lowest BCUT2D eigenvalue weighted by molar-refractivity contribution is 0.104. The third-order valence-electron chi connectivity index (χ3n) is 4.49. The van der Waals surface area contributed by atoms with Crippen LogP contribution < -0.4 is 0 Å². The Bertz CT molecular complexity index is 926. The fourth-order valence-electron chi connectivity index (χ4n) is 3.63. The van der Waals surface area contributed by atoms with Crippen molar-refractivity contribution in [2.24, 2.45) is 0 Å². The van der Waals surface area contributed by atoms with E-state index < -0.39 is 0 Å². The molecule has 4 rings (SSSR count). The van der Waals surface area contributed by atoms with Crippen LogP contribution in [0.3, 0.4) is 0 Å². The summed E-state index contributed by atoms with van der Waals surface area (Å²) in [5.41, 5.74) is 4.97. The molecule has 3 aromatic rings. The summed E-state index contributed by atoms with van der Waals surface area (Å²) in [6.07, 6.45) is 0. The van der Waals surface area contributed by atoms with Crippen molar-refractivity contribution in [3.8, 4) is 11.1 Å². The molecule has 0 atom stereocenters. The summed E-state index contributed by atoms with van der Waals surface area (Å²) in [5, 5.41) is 2.39. The molecule has 0 saturated carbocycles. The zero-order valence-electron chi connectivity index (χ0n) is 13.1. The second kappa shape index (κ2) is 4.30. The van der Waals surface area contributed by atoms with Crippen LogP contribution in [-0.4, -0.2) is 5.78 Å². The molecular formula is C21H18O. The van der Waals surface area contributed by atoms with Crippen LogP contribution >= 0.6 is 0 Å². The normalized spacial score (nSPS) is 13.3. The zero-order valence-corrected chi connectivity index (χ0v) is 13.1. The Morgan fingerprint density at radius 3 is 2.14 bits per heavy atom. The molecule has 1 heteroatoms. The highest BCUT2D eigenvalue weighted by atomic mass is 16.1. The smallest absolute Gasteiger partial charge is 0.194 e. The Labute approximate surface area is 130 Å². The molecule has 0 spiro atoms. The van der Waals surface area contributed by atoms with Gasteiger partial charge in [-0.3, -0.25) is 4.79 Å². The highest BCUT2D eigenvalue weighted by molar-refractivity contribution is 6.24. The van der Waals surface area contributed by atoms with E-state index in [1.54, 1.807) is 0 Å². The van der Waals surface area contributed by atoms with Gasteiger partial charge in [-0.2, -0.15) is 0 Å². The number of hydrogen-bond acceptors (Lipinski definition) is 1. The summed E-state index contributed by atoms with van der Waals surface area (Å²) in [6.45, 7) is 6.56. The van der Waals surface area contributed by atoms with E-state index in [4.69, 9.17) is 0 Å². The minimum atomic E-state index is -0.0807. The molecule has 0 heterocycles. The lowest BCUT2D eigenvalue weighted by Gasteiger charge is -2.24. The molecule has 0 fully saturated rings. The SMILES string of the molecule is CC(C)(C)c1c2c(cc3ccccc13)-c1ccccc1C2=O. The van der Waals surface area contributed by atoms with Crippen molar-refractivity contribution in [2.75, 3.05) is 0 Å². The summed E-state index contributed by atoms with van der Waals surface area (Å²) in [4.78, 5) is 13.0. The van der Waals surface area contributed by atoms with Crippen LogP contribution in [0.25, 0.3) is 21.9 Å². The first kappa shape index (κ1) is 13.3. The predicted molar refractivity (Wildman–Crippen MR) is 91.5 cm³/mol. The Morgan fingerprint density at radius 2 is 1.41 bits per heavy atom. The van der Waals surface area contributed by atoms with Crippen molar-refractivity contribution in [2.45, 2.75) is 26.2 Å². The van der Waals surface area contributed by atoms with Crippen LogP contribution in [0, 0.1) is 0 Å². The molecule has 1 aliphatic rings. The van der Waals surface area contributed by atoms with Gasteiger partial charge in [-0.1, -0.05) is 69.3 Å². The number of fused-ring (bicyclic) bond motifs is 4. The molecule has 0 amide bonds. The first-order valence-electron chi connectivity index (χ1n) is 7.69. The second-order valence-electron chi connectivity index (χ2n) is 7.02. The summed E-state index contributed by atoms with van der Waals surface area (Å²) < 4.78 is 0. The van der Waals surface area contributed by atoms with E-state index in [9.17, 15) is 4.79 Å².